The van der Waals surface area contributed by atoms with E-state index in [9.17, 15) is 0 Å². The van der Waals surface area contributed by atoms with Crippen molar-refractivity contribution in [1.82, 2.24) is 9.13 Å². The van der Waals surface area contributed by atoms with E-state index in [0.29, 0.717) is 0 Å². The number of nitrogens with zero attached hydrogens (tertiary/aromatic N) is 2. The Labute approximate surface area is 421 Å². The predicted octanol–water partition coefficient (Wildman–Crippen LogP) is 16.3. The molecule has 0 fully saturated rings. The van der Waals surface area contributed by atoms with Crippen molar-refractivity contribution in [1.29, 1.82) is 0 Å². The van der Waals surface area contributed by atoms with Gasteiger partial charge < -0.3 is 9.13 Å². The average Bonchev–Trinajstić information content (AvgIpc) is 4.09. The lowest BCUT2D eigenvalue weighted by Gasteiger charge is -2.34. The highest BCUT2D eigenvalue weighted by Gasteiger charge is 2.42. The van der Waals surface area contributed by atoms with E-state index in [0.717, 1.165) is 0 Å². The molecule has 0 radical (unpaired) electrons. The van der Waals surface area contributed by atoms with E-state index < -0.39 is 0 Å². The van der Waals surface area contributed by atoms with Crippen LogP contribution in [0.2, 0.25) is 0 Å². The van der Waals surface area contributed by atoms with Crippen LogP contribution in [-0.2, 0) is 0 Å². The number of hydrogen-bond acceptors (Lipinski definition) is 0. The Bertz CT molecular complexity index is 4570. The lowest BCUT2D eigenvalue weighted by atomic mass is 9.34. The lowest BCUT2D eigenvalue weighted by molar-refractivity contribution is 1.14. The summed E-state index contributed by atoms with van der Waals surface area (Å²) in [4.78, 5) is 0. The van der Waals surface area contributed by atoms with Crippen LogP contribution in [0.5, 0.6) is 0 Å². The molecule has 13 aromatic carbocycles. The Morgan fingerprint density at radius 3 is 0.959 bits per heavy atom. The van der Waals surface area contributed by atoms with Gasteiger partial charge in [0.15, 0.2) is 0 Å². The van der Waals surface area contributed by atoms with Crippen LogP contribution in [0, 0.1) is 0 Å². The second-order valence-electron chi connectivity index (χ2n) is 20.3. The van der Waals surface area contributed by atoms with Crippen molar-refractivity contribution in [2.75, 3.05) is 0 Å². The zero-order valence-electron chi connectivity index (χ0n) is 39.6. The highest BCUT2D eigenvalue weighted by molar-refractivity contribution is 7.00. The molecule has 2 aliphatic heterocycles. The number of aromatic nitrogens is 2. The predicted molar refractivity (Wildman–Crippen MR) is 312 cm³/mol. The van der Waals surface area contributed by atoms with Crippen molar-refractivity contribution in [3.05, 3.63) is 249 Å². The fourth-order valence-electron chi connectivity index (χ4n) is 13.5. The van der Waals surface area contributed by atoms with Crippen LogP contribution in [0.4, 0.5) is 0 Å². The number of rotatable bonds is 4. The molecule has 334 valence electrons. The topological polar surface area (TPSA) is 9.86 Å². The van der Waals surface area contributed by atoms with Gasteiger partial charge in [0.2, 0.25) is 0 Å². The average molecular weight is 921 g/mol. The van der Waals surface area contributed by atoms with Gasteiger partial charge in [-0.15, -0.1) is 0 Å². The van der Waals surface area contributed by atoms with Crippen LogP contribution in [0.1, 0.15) is 0 Å². The molecule has 0 spiro atoms. The quantitative estimate of drug-likeness (QED) is 0.156. The molecule has 73 heavy (non-hydrogen) atoms. The van der Waals surface area contributed by atoms with Gasteiger partial charge in [-0.3, -0.25) is 0 Å². The van der Waals surface area contributed by atoms with Gasteiger partial charge in [0.25, 0.3) is 6.71 Å². The fourth-order valence-corrected chi connectivity index (χ4v) is 13.5. The number of hydrogen-bond donors (Lipinski definition) is 0. The second kappa shape index (κ2) is 14.6. The maximum Gasteiger partial charge on any atom is 0.252 e. The molecule has 0 N–H and O–H groups in total. The maximum atomic E-state index is 2.63. The van der Waals surface area contributed by atoms with Gasteiger partial charge in [0, 0.05) is 32.9 Å². The molecule has 17 rings (SSSR count). The molecule has 15 aromatic rings. The van der Waals surface area contributed by atoms with Crippen molar-refractivity contribution in [2.45, 2.75) is 0 Å². The van der Waals surface area contributed by atoms with E-state index in [1.165, 1.54) is 159 Å². The summed E-state index contributed by atoms with van der Waals surface area (Å²) in [6.45, 7) is -0.0358. The first-order valence-electron chi connectivity index (χ1n) is 25.5. The van der Waals surface area contributed by atoms with Crippen LogP contribution >= 0.6 is 0 Å². The van der Waals surface area contributed by atoms with Crippen molar-refractivity contribution >= 4 is 110 Å². The highest BCUT2D eigenvalue weighted by atomic mass is 15.0. The normalized spacial score (nSPS) is 12.6. The monoisotopic (exact) mass is 920 g/mol. The standard InChI is InChI=1S/C70H41BN2/c1-5-14-42(15-6-1)46-24-30-54-50(36-46)28-34-60-64(54)66-56-32-26-48(44-18-9-3-10-19-44)38-52(56)40-58-69(66)72(60)62-22-13-23-63-68(62)71(58)59-41-53-39-49(45-20-11-4-12-21-45)27-33-57(53)67-65-55-31-25-47(43-16-7-2-8-17-43)37-51(55)29-35-61(65)73(63)70(59)67/h1-41H. The molecule has 3 heteroatoms. The molecule has 0 saturated heterocycles. The Morgan fingerprint density at radius 1 is 0.247 bits per heavy atom. The third kappa shape index (κ3) is 5.38. The van der Waals surface area contributed by atoms with Gasteiger partial charge in [-0.1, -0.05) is 200 Å². The van der Waals surface area contributed by atoms with Crippen LogP contribution in [-0.4, -0.2) is 15.8 Å². The zero-order valence-corrected chi connectivity index (χ0v) is 39.6. The third-order valence-corrected chi connectivity index (χ3v) is 16.6. The van der Waals surface area contributed by atoms with E-state index in [2.05, 4.69) is 258 Å². The minimum absolute atomic E-state index is 0.0358. The molecule has 0 unspecified atom stereocenters. The van der Waals surface area contributed by atoms with Crippen LogP contribution in [0.25, 0.3) is 143 Å². The first-order valence-corrected chi connectivity index (χ1v) is 25.5. The molecule has 0 aliphatic carbocycles. The molecular formula is C70H41BN2. The highest BCUT2D eigenvalue weighted by Crippen LogP contribution is 2.47. The van der Waals surface area contributed by atoms with Gasteiger partial charge in [0.1, 0.15) is 0 Å². The third-order valence-electron chi connectivity index (χ3n) is 16.6. The zero-order chi connectivity index (χ0) is 47.5. The Balaban J connectivity index is 1.03. The summed E-state index contributed by atoms with van der Waals surface area (Å²) < 4.78 is 5.26. The molecule has 0 saturated carbocycles. The summed E-state index contributed by atoms with van der Waals surface area (Å²) in [5.41, 5.74) is 21.5. The molecule has 0 bridgehead atoms. The first-order chi connectivity index (χ1) is 36.2. The molecule has 2 nitrogen and oxygen atoms in total. The van der Waals surface area contributed by atoms with E-state index in [1.54, 1.807) is 0 Å². The Hall–Kier alpha value is -9.44. The number of benzene rings is 13. The van der Waals surface area contributed by atoms with E-state index >= 15 is 0 Å². The van der Waals surface area contributed by atoms with Gasteiger partial charge in [0.05, 0.1) is 22.1 Å². The molecule has 2 aliphatic rings. The van der Waals surface area contributed by atoms with Crippen LogP contribution in [0.3, 0.4) is 0 Å². The minimum atomic E-state index is -0.0358. The van der Waals surface area contributed by atoms with E-state index in [1.807, 2.05) is 0 Å². The minimum Gasteiger partial charge on any atom is -0.310 e. The molecular weight excluding hydrogens is 880 g/mol. The van der Waals surface area contributed by atoms with Crippen molar-refractivity contribution in [2.24, 2.45) is 0 Å². The Morgan fingerprint density at radius 2 is 0.589 bits per heavy atom. The van der Waals surface area contributed by atoms with Gasteiger partial charge >= 0.3 is 0 Å². The van der Waals surface area contributed by atoms with E-state index in [-0.39, 0.29) is 6.71 Å². The summed E-state index contributed by atoms with van der Waals surface area (Å²) in [6, 6.07) is 93.6. The molecule has 0 atom stereocenters. The summed E-state index contributed by atoms with van der Waals surface area (Å²) in [5.74, 6) is 0. The summed E-state index contributed by atoms with van der Waals surface area (Å²) in [7, 11) is 0. The molecule has 2 aromatic heterocycles. The fraction of sp³-hybridized carbons (Fsp3) is 0. The first kappa shape index (κ1) is 39.3. The summed E-state index contributed by atoms with van der Waals surface area (Å²) in [6.07, 6.45) is 0. The number of fused-ring (bicyclic) bond motifs is 18. The van der Waals surface area contributed by atoms with Crippen LogP contribution in [0.15, 0.2) is 249 Å². The van der Waals surface area contributed by atoms with Gasteiger partial charge in [-0.2, -0.15) is 0 Å². The van der Waals surface area contributed by atoms with E-state index in [4.69, 9.17) is 0 Å². The van der Waals surface area contributed by atoms with Crippen molar-refractivity contribution in [3.8, 4) is 55.9 Å². The summed E-state index contributed by atoms with van der Waals surface area (Å²) >= 11 is 0. The molecule has 0 amide bonds. The molecule has 4 heterocycles. The van der Waals surface area contributed by atoms with Gasteiger partial charge in [-0.25, -0.2) is 0 Å². The van der Waals surface area contributed by atoms with Gasteiger partial charge in [-0.05, 0) is 153 Å². The smallest absolute Gasteiger partial charge is 0.252 e. The maximum absolute atomic E-state index is 2.63. The van der Waals surface area contributed by atoms with Crippen molar-refractivity contribution in [3.63, 3.8) is 0 Å². The van der Waals surface area contributed by atoms with Crippen molar-refractivity contribution < 1.29 is 0 Å². The lowest BCUT2D eigenvalue weighted by Crippen LogP contribution is -2.59. The Kier molecular flexibility index (Phi) is 7.85. The van der Waals surface area contributed by atoms with Crippen LogP contribution < -0.4 is 16.4 Å². The second-order valence-corrected chi connectivity index (χ2v) is 20.3. The summed E-state index contributed by atoms with van der Waals surface area (Å²) in [5, 5.41) is 15.4. The SMILES string of the molecule is c1ccc(-c2ccc3c(ccc4c3c3c5ccc(-c6ccccc6)cc5cc5c3n4-c3cccc4c3B5c3cc5cc(-c6ccccc6)ccc5c5c6c7ccc(-c8ccccc8)cc7ccc6n-4c35)c2)cc1. The largest absolute Gasteiger partial charge is 0.310 e.